The van der Waals surface area contributed by atoms with Crippen molar-refractivity contribution in [1.82, 2.24) is 34.2 Å². The van der Waals surface area contributed by atoms with Crippen LogP contribution >= 0.6 is 0 Å². The SMILES string of the molecule is CCC(CC)n1cc(-c2nc(-c3cnn(C[C@@H](O)COC)c3)cn3nccc23)cn1. The topological polar surface area (TPSA) is 95.3 Å². The molecule has 4 aromatic heterocycles. The fourth-order valence-corrected chi connectivity index (χ4v) is 3.66. The number of aliphatic hydroxyl groups excluding tert-OH is 1. The van der Waals surface area contributed by atoms with Crippen molar-refractivity contribution < 1.29 is 9.84 Å². The molecule has 30 heavy (non-hydrogen) atoms. The number of hydrogen-bond donors (Lipinski definition) is 1. The van der Waals surface area contributed by atoms with Crippen molar-refractivity contribution in [2.24, 2.45) is 0 Å². The lowest BCUT2D eigenvalue weighted by Gasteiger charge is -2.12. The number of methoxy groups -OCH3 is 1. The summed E-state index contributed by atoms with van der Waals surface area (Å²) in [5.74, 6) is 0. The molecule has 0 aliphatic carbocycles. The first-order chi connectivity index (χ1) is 14.6. The van der Waals surface area contributed by atoms with E-state index in [2.05, 4.69) is 35.3 Å². The van der Waals surface area contributed by atoms with Crippen molar-refractivity contribution >= 4 is 5.52 Å². The maximum absolute atomic E-state index is 9.95. The summed E-state index contributed by atoms with van der Waals surface area (Å²) in [5.41, 5.74) is 4.31. The van der Waals surface area contributed by atoms with Gasteiger partial charge in [0.05, 0.1) is 67.0 Å². The summed E-state index contributed by atoms with van der Waals surface area (Å²) in [4.78, 5) is 4.91. The zero-order valence-electron chi connectivity index (χ0n) is 17.5. The largest absolute Gasteiger partial charge is 0.389 e. The fourth-order valence-electron chi connectivity index (χ4n) is 3.66. The fraction of sp³-hybridized carbons (Fsp3) is 0.429. The van der Waals surface area contributed by atoms with Crippen LogP contribution in [0.25, 0.3) is 28.0 Å². The lowest BCUT2D eigenvalue weighted by Crippen LogP contribution is -2.21. The summed E-state index contributed by atoms with van der Waals surface area (Å²) in [6.07, 6.45) is 12.6. The number of nitrogens with zero attached hydrogens (tertiary/aromatic N) is 7. The highest BCUT2D eigenvalue weighted by molar-refractivity contribution is 5.78. The van der Waals surface area contributed by atoms with Gasteiger partial charge in [0, 0.05) is 30.6 Å². The van der Waals surface area contributed by atoms with Gasteiger partial charge in [-0.3, -0.25) is 9.36 Å². The van der Waals surface area contributed by atoms with Crippen LogP contribution < -0.4 is 0 Å². The molecule has 0 aliphatic heterocycles. The molecule has 0 saturated carbocycles. The highest BCUT2D eigenvalue weighted by atomic mass is 16.5. The van der Waals surface area contributed by atoms with Gasteiger partial charge < -0.3 is 9.84 Å². The van der Waals surface area contributed by atoms with Crippen molar-refractivity contribution in [3.8, 4) is 22.5 Å². The lowest BCUT2D eigenvalue weighted by atomic mass is 10.1. The molecule has 0 aromatic carbocycles. The summed E-state index contributed by atoms with van der Waals surface area (Å²) in [7, 11) is 1.56. The van der Waals surface area contributed by atoms with E-state index < -0.39 is 6.10 Å². The summed E-state index contributed by atoms with van der Waals surface area (Å²) in [6, 6.07) is 2.32. The number of hydrogen-bond acceptors (Lipinski definition) is 6. The Morgan fingerprint density at radius 1 is 1.03 bits per heavy atom. The first-order valence-electron chi connectivity index (χ1n) is 10.2. The predicted octanol–water partition coefficient (Wildman–Crippen LogP) is 2.82. The van der Waals surface area contributed by atoms with Gasteiger partial charge in [-0.25, -0.2) is 9.50 Å². The van der Waals surface area contributed by atoms with Gasteiger partial charge in [-0.15, -0.1) is 0 Å². The average molecular weight is 409 g/mol. The van der Waals surface area contributed by atoms with Crippen LogP contribution in [-0.2, 0) is 11.3 Å². The molecule has 0 saturated heterocycles. The van der Waals surface area contributed by atoms with Crippen molar-refractivity contribution in [2.75, 3.05) is 13.7 Å². The standard InChI is InChI=1S/C21H27N7O2/c1-4-17(5-2)27-11-16(9-24-27)21-20-6-7-22-28(20)13-19(25-21)15-8-23-26(10-15)12-18(29)14-30-3/h6-11,13,17-18,29H,4-5,12,14H2,1-3H3/t18-/m1/s1. The van der Waals surface area contributed by atoms with Crippen LogP contribution in [0.15, 0.2) is 43.2 Å². The highest BCUT2D eigenvalue weighted by Crippen LogP contribution is 2.27. The number of aromatic nitrogens is 7. The number of rotatable bonds is 9. The molecule has 0 unspecified atom stereocenters. The smallest absolute Gasteiger partial charge is 0.0999 e. The second kappa shape index (κ2) is 8.76. The normalized spacial score (nSPS) is 12.8. The third kappa shape index (κ3) is 3.99. The summed E-state index contributed by atoms with van der Waals surface area (Å²) < 4.78 is 10.5. The number of aliphatic hydroxyl groups is 1. The van der Waals surface area contributed by atoms with Crippen LogP contribution in [0.3, 0.4) is 0 Å². The van der Waals surface area contributed by atoms with Gasteiger partial charge in [-0.2, -0.15) is 15.3 Å². The van der Waals surface area contributed by atoms with Gasteiger partial charge >= 0.3 is 0 Å². The zero-order valence-corrected chi connectivity index (χ0v) is 17.5. The molecule has 1 N–H and O–H groups in total. The van der Waals surface area contributed by atoms with Crippen molar-refractivity contribution in [2.45, 2.75) is 45.4 Å². The lowest BCUT2D eigenvalue weighted by molar-refractivity contribution is 0.0514. The van der Waals surface area contributed by atoms with E-state index in [1.807, 2.05) is 33.9 Å². The van der Waals surface area contributed by atoms with Gasteiger partial charge in [-0.05, 0) is 18.9 Å². The molecule has 4 heterocycles. The van der Waals surface area contributed by atoms with E-state index in [0.717, 1.165) is 40.9 Å². The first kappa shape index (κ1) is 20.2. The van der Waals surface area contributed by atoms with Crippen LogP contribution in [0, 0.1) is 0 Å². The minimum Gasteiger partial charge on any atom is -0.389 e. The Kier molecular flexibility index (Phi) is 5.91. The summed E-state index contributed by atoms with van der Waals surface area (Å²) in [6.45, 7) is 4.96. The van der Waals surface area contributed by atoms with E-state index >= 15 is 0 Å². The molecule has 9 heteroatoms. The Morgan fingerprint density at radius 2 is 1.83 bits per heavy atom. The first-order valence-corrected chi connectivity index (χ1v) is 10.2. The minimum atomic E-state index is -0.615. The quantitative estimate of drug-likeness (QED) is 0.457. The number of fused-ring (bicyclic) bond motifs is 1. The molecular weight excluding hydrogens is 382 g/mol. The maximum atomic E-state index is 9.95. The Balaban J connectivity index is 1.70. The van der Waals surface area contributed by atoms with Gasteiger partial charge in [0.25, 0.3) is 0 Å². The van der Waals surface area contributed by atoms with E-state index in [-0.39, 0.29) is 6.61 Å². The molecule has 4 aromatic rings. The van der Waals surface area contributed by atoms with Gasteiger partial charge in [-0.1, -0.05) is 13.8 Å². The summed E-state index contributed by atoms with van der Waals surface area (Å²) in [5, 5.41) is 23.3. The third-order valence-corrected chi connectivity index (χ3v) is 5.27. The highest BCUT2D eigenvalue weighted by Gasteiger charge is 2.16. The monoisotopic (exact) mass is 409 g/mol. The van der Waals surface area contributed by atoms with Crippen molar-refractivity contribution in [3.05, 3.63) is 43.2 Å². The molecule has 9 nitrogen and oxygen atoms in total. The molecule has 0 bridgehead atoms. The van der Waals surface area contributed by atoms with Crippen LogP contribution in [-0.4, -0.2) is 59.1 Å². The minimum absolute atomic E-state index is 0.261. The van der Waals surface area contributed by atoms with E-state index in [1.54, 1.807) is 24.2 Å². The van der Waals surface area contributed by atoms with E-state index in [9.17, 15) is 5.11 Å². The van der Waals surface area contributed by atoms with Crippen LogP contribution in [0.1, 0.15) is 32.7 Å². The zero-order chi connectivity index (χ0) is 21.1. The molecule has 0 radical (unpaired) electrons. The second-order valence-electron chi connectivity index (χ2n) is 7.38. The van der Waals surface area contributed by atoms with Gasteiger partial charge in [0.15, 0.2) is 0 Å². The molecule has 158 valence electrons. The van der Waals surface area contributed by atoms with Gasteiger partial charge in [0.1, 0.15) is 0 Å². The molecule has 0 spiro atoms. The molecule has 0 fully saturated rings. The van der Waals surface area contributed by atoms with E-state index in [0.29, 0.717) is 12.6 Å². The third-order valence-electron chi connectivity index (χ3n) is 5.27. The Labute approximate surface area is 174 Å². The molecule has 0 amide bonds. The maximum Gasteiger partial charge on any atom is 0.0999 e. The van der Waals surface area contributed by atoms with Crippen LogP contribution in [0.5, 0.6) is 0 Å². The second-order valence-corrected chi connectivity index (χ2v) is 7.38. The van der Waals surface area contributed by atoms with Crippen molar-refractivity contribution in [3.63, 3.8) is 0 Å². The van der Waals surface area contributed by atoms with Crippen LogP contribution in [0.2, 0.25) is 0 Å². The Bertz CT molecular complexity index is 1110. The average Bonchev–Trinajstić information content (AvgIpc) is 3.49. The number of ether oxygens (including phenoxy) is 1. The van der Waals surface area contributed by atoms with Gasteiger partial charge in [0.2, 0.25) is 0 Å². The Morgan fingerprint density at radius 3 is 2.60 bits per heavy atom. The molecule has 0 aliphatic rings. The predicted molar refractivity (Wildman–Crippen MR) is 113 cm³/mol. The molecule has 1 atom stereocenters. The summed E-state index contributed by atoms with van der Waals surface area (Å²) >= 11 is 0. The van der Waals surface area contributed by atoms with E-state index in [1.165, 1.54) is 0 Å². The molecule has 4 rings (SSSR count). The molecular formula is C21H27N7O2. The Hall–Kier alpha value is -3.04. The van der Waals surface area contributed by atoms with Crippen molar-refractivity contribution in [1.29, 1.82) is 0 Å². The van der Waals surface area contributed by atoms with E-state index in [4.69, 9.17) is 9.72 Å². The van der Waals surface area contributed by atoms with Crippen LogP contribution in [0.4, 0.5) is 0 Å².